The van der Waals surface area contributed by atoms with Crippen molar-refractivity contribution in [2.24, 2.45) is 5.92 Å². The van der Waals surface area contributed by atoms with Crippen LogP contribution in [0.5, 0.6) is 0 Å². The first-order chi connectivity index (χ1) is 10.1. The summed E-state index contributed by atoms with van der Waals surface area (Å²) in [6.45, 7) is 13.0. The van der Waals surface area contributed by atoms with Gasteiger partial charge in [-0.3, -0.25) is 4.68 Å². The van der Waals surface area contributed by atoms with E-state index in [1.54, 1.807) is 0 Å². The molecular weight excluding hydrogens is 326 g/mol. The molecule has 0 aliphatic rings. The van der Waals surface area contributed by atoms with Gasteiger partial charge in [0.15, 0.2) is 0 Å². The fourth-order valence-corrected chi connectivity index (χ4v) is 3.67. The number of hydrogen-bond donors (Lipinski definition) is 1. The van der Waals surface area contributed by atoms with Gasteiger partial charge in [0, 0.05) is 19.0 Å². The minimum atomic E-state index is 0.549. The molecule has 0 aliphatic heterocycles. The lowest BCUT2D eigenvalue weighted by Gasteiger charge is -2.28. The molecule has 21 heavy (non-hydrogen) atoms. The maximum absolute atomic E-state index is 4.64. The molecule has 1 aromatic rings. The number of hydrogen-bond acceptors (Lipinski definition) is 2. The lowest BCUT2D eigenvalue weighted by molar-refractivity contribution is 0.307. The SMILES string of the molecule is CCCC(CCC)C(Cc1c(Br)c(C)nn1CC)NCC. The first-order valence-corrected chi connectivity index (χ1v) is 9.33. The average Bonchev–Trinajstić information content (AvgIpc) is 2.74. The molecule has 1 rings (SSSR count). The summed E-state index contributed by atoms with van der Waals surface area (Å²) in [7, 11) is 0. The van der Waals surface area contributed by atoms with Crippen molar-refractivity contribution in [1.29, 1.82) is 0 Å². The van der Waals surface area contributed by atoms with Crippen molar-refractivity contribution in [3.05, 3.63) is 15.9 Å². The second-order valence-corrected chi connectivity index (χ2v) is 6.66. The third-order valence-corrected chi connectivity index (χ3v) is 5.25. The highest BCUT2D eigenvalue weighted by Gasteiger charge is 2.23. The molecule has 0 amide bonds. The molecule has 1 unspecified atom stereocenters. The molecule has 0 bridgehead atoms. The Morgan fingerprint density at radius 1 is 1.14 bits per heavy atom. The first-order valence-electron chi connectivity index (χ1n) is 8.53. The van der Waals surface area contributed by atoms with Crippen LogP contribution in [-0.2, 0) is 13.0 Å². The van der Waals surface area contributed by atoms with Crippen LogP contribution in [0.15, 0.2) is 4.47 Å². The standard InChI is InChI=1S/C17H32BrN3/c1-6-10-14(11-7-2)15(19-8-3)12-16-17(18)13(5)20-21(16)9-4/h14-15,19H,6-12H2,1-5H3. The van der Waals surface area contributed by atoms with Gasteiger partial charge in [-0.15, -0.1) is 0 Å². The molecule has 1 atom stereocenters. The highest BCUT2D eigenvalue weighted by atomic mass is 79.9. The second kappa shape index (κ2) is 9.62. The summed E-state index contributed by atoms with van der Waals surface area (Å²) in [5, 5.41) is 8.36. The van der Waals surface area contributed by atoms with Crippen molar-refractivity contribution in [3.8, 4) is 0 Å². The van der Waals surface area contributed by atoms with Gasteiger partial charge in [-0.25, -0.2) is 0 Å². The minimum absolute atomic E-state index is 0.549. The number of likely N-dealkylation sites (N-methyl/N-ethyl adjacent to an activating group) is 1. The van der Waals surface area contributed by atoms with Gasteiger partial charge in [0.2, 0.25) is 0 Å². The zero-order chi connectivity index (χ0) is 15.8. The topological polar surface area (TPSA) is 29.9 Å². The first kappa shape index (κ1) is 18.7. The summed E-state index contributed by atoms with van der Waals surface area (Å²) in [4.78, 5) is 0. The molecule has 0 radical (unpaired) electrons. The highest BCUT2D eigenvalue weighted by Crippen LogP contribution is 2.26. The summed E-state index contributed by atoms with van der Waals surface area (Å²) in [5.74, 6) is 0.757. The Bertz CT molecular complexity index is 408. The Balaban J connectivity index is 2.95. The predicted octanol–water partition coefficient (Wildman–Crippen LogP) is 4.71. The van der Waals surface area contributed by atoms with Crippen molar-refractivity contribution in [1.82, 2.24) is 15.1 Å². The largest absolute Gasteiger partial charge is 0.314 e. The molecular formula is C17H32BrN3. The lowest BCUT2D eigenvalue weighted by Crippen LogP contribution is -2.38. The van der Waals surface area contributed by atoms with Crippen molar-refractivity contribution in [3.63, 3.8) is 0 Å². The third kappa shape index (κ3) is 5.10. The molecule has 0 saturated carbocycles. The zero-order valence-electron chi connectivity index (χ0n) is 14.4. The van der Waals surface area contributed by atoms with Crippen LogP contribution in [0.4, 0.5) is 0 Å². The number of rotatable bonds is 10. The lowest BCUT2D eigenvalue weighted by atomic mass is 9.87. The van der Waals surface area contributed by atoms with E-state index < -0.39 is 0 Å². The summed E-state index contributed by atoms with van der Waals surface area (Å²) < 4.78 is 3.35. The fourth-order valence-electron chi connectivity index (χ4n) is 3.23. The van der Waals surface area contributed by atoms with Crippen molar-refractivity contribution < 1.29 is 0 Å². The summed E-state index contributed by atoms with van der Waals surface area (Å²) in [5.41, 5.74) is 2.45. The van der Waals surface area contributed by atoms with Gasteiger partial charge in [-0.1, -0.05) is 33.6 Å². The van der Waals surface area contributed by atoms with Crippen LogP contribution in [0, 0.1) is 12.8 Å². The number of aromatic nitrogens is 2. The quantitative estimate of drug-likeness (QED) is 0.656. The van der Waals surface area contributed by atoms with Gasteiger partial charge in [-0.05, 0) is 55.1 Å². The summed E-state index contributed by atoms with van der Waals surface area (Å²) >= 11 is 3.74. The third-order valence-electron chi connectivity index (χ3n) is 4.22. The van der Waals surface area contributed by atoms with Crippen LogP contribution in [0.2, 0.25) is 0 Å². The predicted molar refractivity (Wildman–Crippen MR) is 94.8 cm³/mol. The molecule has 0 fully saturated rings. The second-order valence-electron chi connectivity index (χ2n) is 5.87. The molecule has 1 heterocycles. The Morgan fingerprint density at radius 2 is 1.76 bits per heavy atom. The van der Waals surface area contributed by atoms with Gasteiger partial charge in [-0.2, -0.15) is 5.10 Å². The van der Waals surface area contributed by atoms with Gasteiger partial charge in [0.25, 0.3) is 0 Å². The molecule has 1 aromatic heterocycles. The zero-order valence-corrected chi connectivity index (χ0v) is 16.0. The van der Waals surface area contributed by atoms with E-state index in [0.717, 1.165) is 31.1 Å². The van der Waals surface area contributed by atoms with E-state index >= 15 is 0 Å². The van der Waals surface area contributed by atoms with Gasteiger partial charge >= 0.3 is 0 Å². The molecule has 122 valence electrons. The Labute approximate surface area is 139 Å². The van der Waals surface area contributed by atoms with E-state index in [4.69, 9.17) is 0 Å². The van der Waals surface area contributed by atoms with E-state index in [0.29, 0.717) is 6.04 Å². The van der Waals surface area contributed by atoms with Crippen LogP contribution in [0.25, 0.3) is 0 Å². The van der Waals surface area contributed by atoms with Crippen molar-refractivity contribution >= 4 is 15.9 Å². The molecule has 4 heteroatoms. The van der Waals surface area contributed by atoms with Crippen LogP contribution in [-0.4, -0.2) is 22.4 Å². The van der Waals surface area contributed by atoms with Crippen LogP contribution in [0.1, 0.15) is 64.8 Å². The van der Waals surface area contributed by atoms with E-state index in [-0.39, 0.29) is 0 Å². The van der Waals surface area contributed by atoms with E-state index in [1.807, 2.05) is 0 Å². The van der Waals surface area contributed by atoms with Crippen molar-refractivity contribution in [2.75, 3.05) is 6.54 Å². The normalized spacial score (nSPS) is 13.1. The monoisotopic (exact) mass is 357 g/mol. The smallest absolute Gasteiger partial charge is 0.0738 e. The Hall–Kier alpha value is -0.350. The van der Waals surface area contributed by atoms with Gasteiger partial charge in [0.05, 0.1) is 15.9 Å². The van der Waals surface area contributed by atoms with E-state index in [2.05, 4.69) is 65.6 Å². The van der Waals surface area contributed by atoms with E-state index in [9.17, 15) is 0 Å². The maximum Gasteiger partial charge on any atom is 0.0738 e. The Morgan fingerprint density at radius 3 is 2.24 bits per heavy atom. The average molecular weight is 358 g/mol. The number of aryl methyl sites for hydroxylation is 2. The fraction of sp³-hybridized carbons (Fsp3) is 0.824. The Kier molecular flexibility index (Phi) is 8.57. The van der Waals surface area contributed by atoms with Gasteiger partial charge in [0.1, 0.15) is 0 Å². The minimum Gasteiger partial charge on any atom is -0.314 e. The van der Waals surface area contributed by atoms with Crippen LogP contribution >= 0.6 is 15.9 Å². The van der Waals surface area contributed by atoms with Crippen LogP contribution < -0.4 is 5.32 Å². The van der Waals surface area contributed by atoms with E-state index in [1.165, 1.54) is 35.8 Å². The molecule has 3 nitrogen and oxygen atoms in total. The maximum atomic E-state index is 4.64. The number of nitrogens with one attached hydrogen (secondary N) is 1. The summed E-state index contributed by atoms with van der Waals surface area (Å²) in [6.07, 6.45) is 6.21. The van der Waals surface area contributed by atoms with Crippen LogP contribution in [0.3, 0.4) is 0 Å². The highest BCUT2D eigenvalue weighted by molar-refractivity contribution is 9.10. The number of nitrogens with zero attached hydrogens (tertiary/aromatic N) is 2. The molecule has 0 spiro atoms. The summed E-state index contributed by atoms with van der Waals surface area (Å²) in [6, 6.07) is 0.549. The van der Waals surface area contributed by atoms with Crippen molar-refractivity contribution in [2.45, 2.75) is 79.3 Å². The molecule has 0 aliphatic carbocycles. The number of halogens is 1. The molecule has 0 aromatic carbocycles. The van der Waals surface area contributed by atoms with Gasteiger partial charge < -0.3 is 5.32 Å². The molecule has 1 N–H and O–H groups in total. The molecule has 0 saturated heterocycles.